The molecule has 0 aliphatic rings. The average molecular weight is 240 g/mol. The van der Waals surface area contributed by atoms with Crippen molar-refractivity contribution in [2.24, 2.45) is 0 Å². The Bertz CT molecular complexity index is 674. The third-order valence-corrected chi connectivity index (χ3v) is 2.59. The van der Waals surface area contributed by atoms with E-state index in [1.807, 2.05) is 12.1 Å². The first-order valence-corrected chi connectivity index (χ1v) is 5.18. The van der Waals surface area contributed by atoms with Crippen LogP contribution < -0.4 is 0 Å². The zero-order valence-electron chi connectivity index (χ0n) is 8.68. The summed E-state index contributed by atoms with van der Waals surface area (Å²) in [6.45, 7) is 0. The molecule has 4 heteroatoms. The smallest absolute Gasteiger partial charge is 0.130 e. The lowest BCUT2D eigenvalue weighted by atomic mass is 10.1. The molecule has 0 aliphatic carbocycles. The van der Waals surface area contributed by atoms with Crippen molar-refractivity contribution in [3.63, 3.8) is 0 Å². The summed E-state index contributed by atoms with van der Waals surface area (Å²) in [5.74, 6) is 0. The molecule has 0 saturated heterocycles. The van der Waals surface area contributed by atoms with E-state index in [2.05, 4.69) is 4.98 Å². The number of fused-ring (bicyclic) bond motifs is 1. The molecule has 0 spiro atoms. The van der Waals surface area contributed by atoms with Gasteiger partial charge in [-0.1, -0.05) is 17.7 Å². The van der Waals surface area contributed by atoms with Crippen LogP contribution in [0.4, 0.5) is 0 Å². The van der Waals surface area contributed by atoms with Crippen molar-refractivity contribution in [2.75, 3.05) is 0 Å². The number of pyridine rings is 1. The SMILES string of the molecule is N#CC(C#N)=Cc1ccc2nccc(Cl)c2c1. The van der Waals surface area contributed by atoms with Crippen LogP contribution in [0.25, 0.3) is 17.0 Å². The molecule has 2 rings (SSSR count). The van der Waals surface area contributed by atoms with Crippen molar-refractivity contribution in [2.45, 2.75) is 0 Å². The van der Waals surface area contributed by atoms with Crippen molar-refractivity contribution in [1.82, 2.24) is 4.98 Å². The highest BCUT2D eigenvalue weighted by molar-refractivity contribution is 6.35. The molecule has 80 valence electrons. The minimum absolute atomic E-state index is 0.0596. The third kappa shape index (κ3) is 2.25. The Labute approximate surface area is 103 Å². The number of hydrogen-bond donors (Lipinski definition) is 0. The van der Waals surface area contributed by atoms with Gasteiger partial charge in [0.1, 0.15) is 17.7 Å². The first-order chi connectivity index (χ1) is 8.24. The maximum atomic E-state index is 8.68. The summed E-state index contributed by atoms with van der Waals surface area (Å²) in [5, 5.41) is 18.8. The summed E-state index contributed by atoms with van der Waals surface area (Å²) < 4.78 is 0. The molecule has 2 aromatic rings. The lowest BCUT2D eigenvalue weighted by molar-refractivity contribution is 1.41. The first kappa shape index (κ1) is 11.1. The number of nitrogens with zero attached hydrogens (tertiary/aromatic N) is 3. The zero-order valence-corrected chi connectivity index (χ0v) is 9.44. The number of allylic oxidation sites excluding steroid dienone is 1. The molecular weight excluding hydrogens is 234 g/mol. The van der Waals surface area contributed by atoms with E-state index in [4.69, 9.17) is 22.1 Å². The quantitative estimate of drug-likeness (QED) is 0.717. The second kappa shape index (κ2) is 4.65. The molecule has 0 atom stereocenters. The van der Waals surface area contributed by atoms with Gasteiger partial charge in [0.2, 0.25) is 0 Å². The summed E-state index contributed by atoms with van der Waals surface area (Å²) >= 11 is 6.04. The molecule has 1 aromatic heterocycles. The Hall–Kier alpha value is -2.36. The van der Waals surface area contributed by atoms with Gasteiger partial charge in [0.25, 0.3) is 0 Å². The molecule has 1 heterocycles. The van der Waals surface area contributed by atoms with Crippen LogP contribution in [0.5, 0.6) is 0 Å². The minimum Gasteiger partial charge on any atom is -0.256 e. The van der Waals surface area contributed by atoms with Crippen LogP contribution in [0.3, 0.4) is 0 Å². The molecule has 0 bridgehead atoms. The monoisotopic (exact) mass is 239 g/mol. The Morgan fingerprint density at radius 1 is 1.24 bits per heavy atom. The fourth-order valence-corrected chi connectivity index (χ4v) is 1.68. The van der Waals surface area contributed by atoms with E-state index >= 15 is 0 Å². The molecule has 0 unspecified atom stereocenters. The summed E-state index contributed by atoms with van der Waals surface area (Å²) in [4.78, 5) is 4.17. The molecular formula is C13H6ClN3. The van der Waals surface area contributed by atoms with E-state index in [1.54, 1.807) is 30.5 Å². The van der Waals surface area contributed by atoms with E-state index in [0.29, 0.717) is 5.02 Å². The van der Waals surface area contributed by atoms with Gasteiger partial charge in [-0.25, -0.2) is 0 Å². The first-order valence-electron chi connectivity index (χ1n) is 4.81. The van der Waals surface area contributed by atoms with Crippen LogP contribution in [0.15, 0.2) is 36.0 Å². The van der Waals surface area contributed by atoms with E-state index in [1.165, 1.54) is 6.08 Å². The Morgan fingerprint density at radius 2 is 2.00 bits per heavy atom. The highest BCUT2D eigenvalue weighted by Gasteiger charge is 2.01. The Balaban J connectivity index is 2.61. The molecule has 0 amide bonds. The van der Waals surface area contributed by atoms with Gasteiger partial charge in [0.15, 0.2) is 0 Å². The minimum atomic E-state index is 0.0596. The van der Waals surface area contributed by atoms with Crippen molar-refractivity contribution in [3.8, 4) is 12.1 Å². The molecule has 0 radical (unpaired) electrons. The van der Waals surface area contributed by atoms with Gasteiger partial charge < -0.3 is 0 Å². The number of aromatic nitrogens is 1. The number of rotatable bonds is 1. The summed E-state index contributed by atoms with van der Waals surface area (Å²) in [6.07, 6.45) is 3.15. The molecule has 0 fully saturated rings. The van der Waals surface area contributed by atoms with Gasteiger partial charge in [-0.2, -0.15) is 10.5 Å². The van der Waals surface area contributed by atoms with E-state index in [0.717, 1.165) is 16.5 Å². The van der Waals surface area contributed by atoms with Crippen LogP contribution in [0, 0.1) is 22.7 Å². The standard InChI is InChI=1S/C13H6ClN3/c14-12-3-4-17-13-2-1-9(6-11(12)13)5-10(7-15)8-16/h1-6H. The van der Waals surface area contributed by atoms with Crippen LogP contribution in [-0.4, -0.2) is 4.98 Å². The number of halogens is 1. The largest absolute Gasteiger partial charge is 0.256 e. The van der Waals surface area contributed by atoms with Crippen LogP contribution in [0.2, 0.25) is 5.02 Å². The van der Waals surface area contributed by atoms with Gasteiger partial charge in [-0.05, 0) is 29.8 Å². The second-order valence-electron chi connectivity index (χ2n) is 3.35. The maximum Gasteiger partial charge on any atom is 0.130 e. The van der Waals surface area contributed by atoms with Crippen molar-refractivity contribution >= 4 is 28.6 Å². The van der Waals surface area contributed by atoms with Crippen molar-refractivity contribution in [3.05, 3.63) is 46.6 Å². The van der Waals surface area contributed by atoms with Gasteiger partial charge in [-0.3, -0.25) is 4.98 Å². The number of nitriles is 2. The van der Waals surface area contributed by atoms with E-state index < -0.39 is 0 Å². The molecule has 17 heavy (non-hydrogen) atoms. The highest BCUT2D eigenvalue weighted by atomic mass is 35.5. The van der Waals surface area contributed by atoms with Crippen LogP contribution in [-0.2, 0) is 0 Å². The summed E-state index contributed by atoms with van der Waals surface area (Å²) in [7, 11) is 0. The fourth-order valence-electron chi connectivity index (χ4n) is 1.48. The Kier molecular flexibility index (Phi) is 3.05. The number of hydrogen-bond acceptors (Lipinski definition) is 3. The van der Waals surface area contributed by atoms with Crippen molar-refractivity contribution < 1.29 is 0 Å². The van der Waals surface area contributed by atoms with Gasteiger partial charge >= 0.3 is 0 Å². The van der Waals surface area contributed by atoms with E-state index in [9.17, 15) is 0 Å². The fraction of sp³-hybridized carbons (Fsp3) is 0. The Morgan fingerprint density at radius 3 is 2.71 bits per heavy atom. The lowest BCUT2D eigenvalue weighted by Gasteiger charge is -2.00. The zero-order chi connectivity index (χ0) is 12.3. The lowest BCUT2D eigenvalue weighted by Crippen LogP contribution is -1.82. The van der Waals surface area contributed by atoms with Crippen LogP contribution >= 0.6 is 11.6 Å². The predicted molar refractivity (Wildman–Crippen MR) is 66.0 cm³/mol. The second-order valence-corrected chi connectivity index (χ2v) is 3.76. The summed E-state index contributed by atoms with van der Waals surface area (Å²) in [6, 6.07) is 10.7. The normalized spacial score (nSPS) is 9.35. The maximum absolute atomic E-state index is 8.68. The van der Waals surface area contributed by atoms with Gasteiger partial charge in [-0.15, -0.1) is 0 Å². The molecule has 0 saturated carbocycles. The van der Waals surface area contributed by atoms with Crippen molar-refractivity contribution in [1.29, 1.82) is 10.5 Å². The van der Waals surface area contributed by atoms with E-state index in [-0.39, 0.29) is 5.57 Å². The van der Waals surface area contributed by atoms with Gasteiger partial charge in [0.05, 0.1) is 10.5 Å². The van der Waals surface area contributed by atoms with Gasteiger partial charge in [0, 0.05) is 11.6 Å². The number of benzene rings is 1. The predicted octanol–water partition coefficient (Wildman–Crippen LogP) is 3.32. The average Bonchev–Trinajstić information content (AvgIpc) is 2.37. The topological polar surface area (TPSA) is 60.5 Å². The summed E-state index contributed by atoms with van der Waals surface area (Å²) in [5.41, 5.74) is 1.60. The third-order valence-electron chi connectivity index (χ3n) is 2.26. The molecule has 1 aromatic carbocycles. The molecule has 3 nitrogen and oxygen atoms in total. The molecule has 0 aliphatic heterocycles. The molecule has 0 N–H and O–H groups in total. The van der Waals surface area contributed by atoms with Crippen LogP contribution in [0.1, 0.15) is 5.56 Å². The highest BCUT2D eigenvalue weighted by Crippen LogP contribution is 2.23.